The first kappa shape index (κ1) is 12.9. The van der Waals surface area contributed by atoms with Gasteiger partial charge in [0.1, 0.15) is 6.04 Å². The van der Waals surface area contributed by atoms with Crippen LogP contribution in [0.5, 0.6) is 0 Å². The van der Waals surface area contributed by atoms with E-state index in [4.69, 9.17) is 16.3 Å². The number of nitrogens with zero attached hydrogens (tertiary/aromatic N) is 1. The van der Waals surface area contributed by atoms with Crippen molar-refractivity contribution in [3.63, 3.8) is 0 Å². The number of halogens is 1. The maximum atomic E-state index is 11.8. The van der Waals surface area contributed by atoms with Crippen molar-refractivity contribution in [1.29, 1.82) is 0 Å². The molecule has 1 fully saturated rings. The van der Waals surface area contributed by atoms with E-state index in [2.05, 4.69) is 0 Å². The third-order valence-electron chi connectivity index (χ3n) is 3.04. The van der Waals surface area contributed by atoms with Crippen LogP contribution in [0.15, 0.2) is 24.3 Å². The highest BCUT2D eigenvalue weighted by molar-refractivity contribution is 6.30. The topological polar surface area (TPSA) is 46.6 Å². The molecule has 1 unspecified atom stereocenters. The van der Waals surface area contributed by atoms with Crippen LogP contribution in [-0.2, 0) is 20.9 Å². The number of ether oxygens (including phenoxy) is 1. The SMILES string of the molecule is COC(=O)C1CCC(=O)N1Cc1cccc(Cl)c1. The Morgan fingerprint density at radius 3 is 3.00 bits per heavy atom. The van der Waals surface area contributed by atoms with E-state index in [9.17, 15) is 9.59 Å². The van der Waals surface area contributed by atoms with Gasteiger partial charge in [-0.2, -0.15) is 0 Å². The molecule has 96 valence electrons. The van der Waals surface area contributed by atoms with E-state index >= 15 is 0 Å². The third kappa shape index (κ3) is 2.64. The van der Waals surface area contributed by atoms with Gasteiger partial charge in [-0.25, -0.2) is 4.79 Å². The minimum atomic E-state index is -0.471. The standard InChI is InChI=1S/C13H14ClNO3/c1-18-13(17)11-5-6-12(16)15(11)8-9-3-2-4-10(14)7-9/h2-4,7,11H,5-6,8H2,1H3. The summed E-state index contributed by atoms with van der Waals surface area (Å²) in [4.78, 5) is 24.9. The fourth-order valence-corrected chi connectivity index (χ4v) is 2.36. The van der Waals surface area contributed by atoms with Crippen LogP contribution in [0.2, 0.25) is 5.02 Å². The van der Waals surface area contributed by atoms with Gasteiger partial charge in [0.15, 0.2) is 0 Å². The van der Waals surface area contributed by atoms with Gasteiger partial charge in [-0.05, 0) is 24.1 Å². The molecule has 0 aliphatic carbocycles. The van der Waals surface area contributed by atoms with Crippen LogP contribution in [0.25, 0.3) is 0 Å². The smallest absolute Gasteiger partial charge is 0.328 e. The molecule has 2 rings (SSSR count). The van der Waals surface area contributed by atoms with Crippen LogP contribution in [0, 0.1) is 0 Å². The fourth-order valence-electron chi connectivity index (χ4n) is 2.14. The molecule has 1 saturated heterocycles. The summed E-state index contributed by atoms with van der Waals surface area (Å²) in [6.07, 6.45) is 0.909. The molecule has 5 heteroatoms. The van der Waals surface area contributed by atoms with E-state index in [1.807, 2.05) is 12.1 Å². The van der Waals surface area contributed by atoms with E-state index < -0.39 is 6.04 Å². The first-order valence-electron chi connectivity index (χ1n) is 5.73. The maximum absolute atomic E-state index is 11.8. The lowest BCUT2D eigenvalue weighted by Gasteiger charge is -2.22. The zero-order valence-electron chi connectivity index (χ0n) is 10.1. The number of amides is 1. The van der Waals surface area contributed by atoms with Crippen LogP contribution in [0.3, 0.4) is 0 Å². The predicted molar refractivity (Wildman–Crippen MR) is 67.0 cm³/mol. The Bertz CT molecular complexity index is 475. The minimum absolute atomic E-state index is 0.0228. The average Bonchev–Trinajstić information content (AvgIpc) is 2.70. The van der Waals surface area contributed by atoms with Crippen molar-refractivity contribution in [2.24, 2.45) is 0 Å². The summed E-state index contributed by atoms with van der Waals surface area (Å²) >= 11 is 5.90. The minimum Gasteiger partial charge on any atom is -0.467 e. The lowest BCUT2D eigenvalue weighted by molar-refractivity contribution is -0.149. The maximum Gasteiger partial charge on any atom is 0.328 e. The van der Waals surface area contributed by atoms with Gasteiger partial charge < -0.3 is 9.64 Å². The number of esters is 1. The molecule has 1 amide bonds. The van der Waals surface area contributed by atoms with Gasteiger partial charge in [0, 0.05) is 18.0 Å². The molecule has 1 aromatic rings. The molecule has 1 aliphatic heterocycles. The lowest BCUT2D eigenvalue weighted by atomic mass is 10.2. The number of carbonyl (C=O) groups is 2. The molecule has 1 aromatic carbocycles. The van der Waals surface area contributed by atoms with Crippen LogP contribution in [0.4, 0.5) is 0 Å². The van der Waals surface area contributed by atoms with E-state index in [0.717, 1.165) is 5.56 Å². The second kappa shape index (κ2) is 5.40. The van der Waals surface area contributed by atoms with Crippen LogP contribution in [0.1, 0.15) is 18.4 Å². The Morgan fingerprint density at radius 2 is 2.33 bits per heavy atom. The molecule has 0 N–H and O–H groups in total. The monoisotopic (exact) mass is 267 g/mol. The second-order valence-electron chi connectivity index (χ2n) is 4.23. The Kier molecular flexibility index (Phi) is 3.87. The van der Waals surface area contributed by atoms with Gasteiger partial charge >= 0.3 is 5.97 Å². The first-order valence-corrected chi connectivity index (χ1v) is 6.11. The van der Waals surface area contributed by atoms with Crippen LogP contribution in [-0.4, -0.2) is 29.9 Å². The van der Waals surface area contributed by atoms with E-state index in [1.54, 1.807) is 17.0 Å². The highest BCUT2D eigenvalue weighted by atomic mass is 35.5. The van der Waals surface area contributed by atoms with E-state index in [1.165, 1.54) is 7.11 Å². The fraction of sp³-hybridized carbons (Fsp3) is 0.385. The van der Waals surface area contributed by atoms with Crippen molar-refractivity contribution in [2.45, 2.75) is 25.4 Å². The first-order chi connectivity index (χ1) is 8.61. The van der Waals surface area contributed by atoms with E-state index in [-0.39, 0.29) is 11.9 Å². The second-order valence-corrected chi connectivity index (χ2v) is 4.67. The zero-order chi connectivity index (χ0) is 13.1. The lowest BCUT2D eigenvalue weighted by Crippen LogP contribution is -2.38. The molecule has 1 heterocycles. The predicted octanol–water partition coefficient (Wildman–Crippen LogP) is 2.00. The third-order valence-corrected chi connectivity index (χ3v) is 3.28. The van der Waals surface area contributed by atoms with Crippen LogP contribution < -0.4 is 0 Å². The number of hydrogen-bond acceptors (Lipinski definition) is 3. The summed E-state index contributed by atoms with van der Waals surface area (Å²) in [6.45, 7) is 0.388. The van der Waals surface area contributed by atoms with Crippen molar-refractivity contribution in [3.05, 3.63) is 34.9 Å². The normalized spacial score (nSPS) is 19.1. The van der Waals surface area contributed by atoms with Crippen LogP contribution >= 0.6 is 11.6 Å². The molecule has 0 saturated carbocycles. The van der Waals surface area contributed by atoms with Gasteiger partial charge in [-0.1, -0.05) is 23.7 Å². The van der Waals surface area contributed by atoms with Crippen molar-refractivity contribution in [2.75, 3.05) is 7.11 Å². The molecule has 1 aliphatic rings. The molecule has 0 bridgehead atoms. The summed E-state index contributed by atoms with van der Waals surface area (Å²) in [6, 6.07) is 6.80. The summed E-state index contributed by atoms with van der Waals surface area (Å²) < 4.78 is 4.72. The molecule has 18 heavy (non-hydrogen) atoms. The van der Waals surface area contributed by atoms with Crippen molar-refractivity contribution in [1.82, 2.24) is 4.90 Å². The van der Waals surface area contributed by atoms with Gasteiger partial charge in [0.2, 0.25) is 5.91 Å². The average molecular weight is 268 g/mol. The molecule has 4 nitrogen and oxygen atoms in total. The Morgan fingerprint density at radius 1 is 1.56 bits per heavy atom. The Hall–Kier alpha value is -1.55. The summed E-state index contributed by atoms with van der Waals surface area (Å²) in [5.41, 5.74) is 0.909. The summed E-state index contributed by atoms with van der Waals surface area (Å²) in [7, 11) is 1.34. The van der Waals surface area contributed by atoms with Crippen molar-refractivity contribution >= 4 is 23.5 Å². The Balaban J connectivity index is 2.15. The van der Waals surface area contributed by atoms with Gasteiger partial charge in [-0.15, -0.1) is 0 Å². The molecule has 0 spiro atoms. The van der Waals surface area contributed by atoms with Crippen molar-refractivity contribution < 1.29 is 14.3 Å². The molecule has 1 atom stereocenters. The summed E-state index contributed by atoms with van der Waals surface area (Å²) in [5, 5.41) is 0.619. The zero-order valence-corrected chi connectivity index (χ0v) is 10.8. The highest BCUT2D eigenvalue weighted by Crippen LogP contribution is 2.23. The number of benzene rings is 1. The Labute approximate surface area is 110 Å². The molecular weight excluding hydrogens is 254 g/mol. The number of likely N-dealkylation sites (tertiary alicyclic amines) is 1. The number of rotatable bonds is 3. The van der Waals surface area contributed by atoms with Gasteiger partial charge in [-0.3, -0.25) is 4.79 Å². The summed E-state index contributed by atoms with van der Waals surface area (Å²) in [5.74, 6) is -0.381. The number of hydrogen-bond donors (Lipinski definition) is 0. The van der Waals surface area contributed by atoms with Gasteiger partial charge in [0.05, 0.1) is 7.11 Å². The van der Waals surface area contributed by atoms with Crippen molar-refractivity contribution in [3.8, 4) is 0 Å². The van der Waals surface area contributed by atoms with Gasteiger partial charge in [0.25, 0.3) is 0 Å². The quantitative estimate of drug-likeness (QED) is 0.787. The number of carbonyl (C=O) groups excluding carboxylic acids is 2. The van der Waals surface area contributed by atoms with E-state index in [0.29, 0.717) is 24.4 Å². The largest absolute Gasteiger partial charge is 0.467 e. The number of methoxy groups -OCH3 is 1. The molecule has 0 radical (unpaired) electrons. The molecular formula is C13H14ClNO3. The molecule has 0 aromatic heterocycles. The highest BCUT2D eigenvalue weighted by Gasteiger charge is 2.36.